The molecule has 1 atom stereocenters. The number of likely N-dealkylation sites (tertiary alicyclic amines) is 1. The Labute approximate surface area is 174 Å². The quantitative estimate of drug-likeness (QED) is 0.543. The van der Waals surface area contributed by atoms with Gasteiger partial charge in [0.15, 0.2) is 5.82 Å². The van der Waals surface area contributed by atoms with E-state index in [0.29, 0.717) is 23.0 Å². The van der Waals surface area contributed by atoms with E-state index in [2.05, 4.69) is 37.7 Å². The number of rotatable bonds is 4. The number of benzene rings is 2. The number of nitrogens with zero attached hydrogens (tertiary/aromatic N) is 6. The van der Waals surface area contributed by atoms with E-state index in [0.717, 1.165) is 36.1 Å². The van der Waals surface area contributed by atoms with Crippen molar-refractivity contribution in [2.45, 2.75) is 18.9 Å². The summed E-state index contributed by atoms with van der Waals surface area (Å²) in [6, 6.07) is 13.7. The maximum Gasteiger partial charge on any atom is 0.156 e. The molecule has 4 aromatic rings. The summed E-state index contributed by atoms with van der Waals surface area (Å²) in [4.78, 5) is 3.79. The van der Waals surface area contributed by atoms with Crippen molar-refractivity contribution in [2.75, 3.05) is 25.5 Å². The average Bonchev–Trinajstić information content (AvgIpc) is 3.29. The second kappa shape index (κ2) is 7.72. The lowest BCUT2D eigenvalue weighted by molar-refractivity contribution is 0.261. The molecule has 2 N–H and O–H groups in total. The van der Waals surface area contributed by atoms with Crippen LogP contribution in [0.1, 0.15) is 12.8 Å². The van der Waals surface area contributed by atoms with Crippen molar-refractivity contribution >= 4 is 16.6 Å². The predicted molar refractivity (Wildman–Crippen MR) is 116 cm³/mol. The first-order chi connectivity index (χ1) is 14.7. The highest BCUT2D eigenvalue weighted by molar-refractivity contribution is 6.01. The first-order valence-corrected chi connectivity index (χ1v) is 10.1. The first-order valence-electron chi connectivity index (χ1n) is 10.1. The van der Waals surface area contributed by atoms with E-state index >= 15 is 0 Å². The van der Waals surface area contributed by atoms with E-state index in [-0.39, 0.29) is 5.75 Å². The number of phenolic OH excluding ortho intramolecular Hbond substituents is 1. The van der Waals surface area contributed by atoms with Gasteiger partial charge in [-0.25, -0.2) is 0 Å². The van der Waals surface area contributed by atoms with Crippen molar-refractivity contribution in [1.29, 1.82) is 0 Å². The Morgan fingerprint density at radius 3 is 2.60 bits per heavy atom. The van der Waals surface area contributed by atoms with Crippen LogP contribution < -0.4 is 5.32 Å². The zero-order valence-corrected chi connectivity index (χ0v) is 16.7. The fourth-order valence-corrected chi connectivity index (χ4v) is 4.08. The lowest BCUT2D eigenvalue weighted by atomic mass is 10.0. The van der Waals surface area contributed by atoms with Gasteiger partial charge in [0.25, 0.3) is 0 Å². The highest BCUT2D eigenvalue weighted by Gasteiger charge is 2.20. The standard InChI is InChI=1S/C22H23N7O/c1-28-12-4-5-15(14-28)25-22-18-7-3-2-6-17(18)21(26-27-22)19-9-8-16(13-20(19)30)29-23-10-11-24-29/h2-3,6-11,13,15,30H,4-5,12,14H2,1H3,(H,25,27)/t15-/m1/s1. The lowest BCUT2D eigenvalue weighted by Gasteiger charge is -2.30. The van der Waals surface area contributed by atoms with Crippen molar-refractivity contribution in [3.63, 3.8) is 0 Å². The number of likely N-dealkylation sites (N-methyl/N-ethyl adjacent to an activating group) is 1. The molecule has 0 unspecified atom stereocenters. The molecule has 152 valence electrons. The number of fused-ring (bicyclic) bond motifs is 1. The van der Waals surface area contributed by atoms with Gasteiger partial charge >= 0.3 is 0 Å². The summed E-state index contributed by atoms with van der Waals surface area (Å²) in [5.74, 6) is 0.894. The molecule has 0 aliphatic carbocycles. The van der Waals surface area contributed by atoms with Crippen LogP contribution in [0.3, 0.4) is 0 Å². The van der Waals surface area contributed by atoms with Gasteiger partial charge in [0, 0.05) is 35.0 Å². The van der Waals surface area contributed by atoms with Gasteiger partial charge in [-0.05, 0) is 38.6 Å². The number of hydrogen-bond donors (Lipinski definition) is 2. The smallest absolute Gasteiger partial charge is 0.156 e. The van der Waals surface area contributed by atoms with Gasteiger partial charge in [-0.3, -0.25) is 0 Å². The van der Waals surface area contributed by atoms with Crippen molar-refractivity contribution < 1.29 is 5.11 Å². The Kier molecular flexibility index (Phi) is 4.76. The molecular weight excluding hydrogens is 378 g/mol. The molecule has 1 fully saturated rings. The molecule has 0 amide bonds. The number of piperidine rings is 1. The summed E-state index contributed by atoms with van der Waals surface area (Å²) < 4.78 is 0. The van der Waals surface area contributed by atoms with Crippen LogP contribution in [0.4, 0.5) is 5.82 Å². The second-order valence-electron chi connectivity index (χ2n) is 7.71. The monoisotopic (exact) mass is 401 g/mol. The predicted octanol–water partition coefficient (Wildman–Crippen LogP) is 3.09. The largest absolute Gasteiger partial charge is 0.507 e. The summed E-state index contributed by atoms with van der Waals surface area (Å²) in [6.45, 7) is 2.12. The Morgan fingerprint density at radius 1 is 1.03 bits per heavy atom. The Balaban J connectivity index is 1.53. The third-order valence-electron chi connectivity index (χ3n) is 5.54. The number of anilines is 1. The minimum Gasteiger partial charge on any atom is -0.507 e. The fourth-order valence-electron chi connectivity index (χ4n) is 4.08. The number of hydrogen-bond acceptors (Lipinski definition) is 7. The topological polar surface area (TPSA) is 92.0 Å². The van der Waals surface area contributed by atoms with Crippen LogP contribution in [0, 0.1) is 0 Å². The van der Waals surface area contributed by atoms with E-state index in [1.807, 2.05) is 36.4 Å². The van der Waals surface area contributed by atoms with Crippen molar-refractivity contribution in [2.24, 2.45) is 0 Å². The molecule has 30 heavy (non-hydrogen) atoms. The molecule has 8 nitrogen and oxygen atoms in total. The second-order valence-corrected chi connectivity index (χ2v) is 7.71. The Morgan fingerprint density at radius 2 is 1.83 bits per heavy atom. The number of aromatic nitrogens is 5. The fraction of sp³-hybridized carbons (Fsp3) is 0.273. The molecule has 1 saturated heterocycles. The van der Waals surface area contributed by atoms with Crippen LogP contribution in [0.25, 0.3) is 27.7 Å². The normalized spacial score (nSPS) is 17.3. The summed E-state index contributed by atoms with van der Waals surface area (Å²) in [5, 5.41) is 33.4. The Hall–Kier alpha value is -3.52. The highest BCUT2D eigenvalue weighted by atomic mass is 16.3. The summed E-state index contributed by atoms with van der Waals surface area (Å²) in [5.41, 5.74) is 1.95. The van der Waals surface area contributed by atoms with Crippen molar-refractivity contribution in [3.05, 3.63) is 54.9 Å². The first kappa shape index (κ1) is 18.5. The molecule has 1 aliphatic heterocycles. The van der Waals surface area contributed by atoms with E-state index in [1.54, 1.807) is 18.5 Å². The molecule has 8 heteroatoms. The summed E-state index contributed by atoms with van der Waals surface area (Å²) in [6.07, 6.45) is 5.48. The van der Waals surface area contributed by atoms with Crippen LogP contribution in [-0.4, -0.2) is 61.4 Å². The molecule has 0 bridgehead atoms. The van der Waals surface area contributed by atoms with Crippen molar-refractivity contribution in [3.8, 4) is 22.7 Å². The summed E-state index contributed by atoms with van der Waals surface area (Å²) in [7, 11) is 2.14. The molecule has 0 saturated carbocycles. The maximum absolute atomic E-state index is 10.7. The van der Waals surface area contributed by atoms with Crippen molar-refractivity contribution in [1.82, 2.24) is 30.1 Å². The van der Waals surface area contributed by atoms with Crippen LogP contribution in [0.5, 0.6) is 5.75 Å². The van der Waals surface area contributed by atoms with Crippen LogP contribution in [0.2, 0.25) is 0 Å². The van der Waals surface area contributed by atoms with Gasteiger partial charge in [0.1, 0.15) is 11.4 Å². The zero-order chi connectivity index (χ0) is 20.5. The molecule has 0 radical (unpaired) electrons. The molecule has 0 spiro atoms. The van der Waals surface area contributed by atoms with Crippen LogP contribution >= 0.6 is 0 Å². The molecule has 5 rings (SSSR count). The number of nitrogens with one attached hydrogen (secondary N) is 1. The van der Waals surface area contributed by atoms with E-state index in [1.165, 1.54) is 11.2 Å². The third kappa shape index (κ3) is 3.46. The SMILES string of the molecule is CN1CCC[C@@H](Nc2nnc(-c3ccc(-n4nccn4)cc3O)c3ccccc23)C1. The molecular formula is C22H23N7O. The van der Waals surface area contributed by atoms with Gasteiger partial charge in [-0.1, -0.05) is 24.3 Å². The van der Waals surface area contributed by atoms with Gasteiger partial charge in [-0.2, -0.15) is 15.0 Å². The van der Waals surface area contributed by atoms with Gasteiger partial charge in [0.2, 0.25) is 0 Å². The van der Waals surface area contributed by atoms with Gasteiger partial charge in [0.05, 0.1) is 18.1 Å². The van der Waals surface area contributed by atoms with E-state index in [4.69, 9.17) is 0 Å². The molecule has 3 heterocycles. The van der Waals surface area contributed by atoms with Crippen LogP contribution in [-0.2, 0) is 0 Å². The zero-order valence-electron chi connectivity index (χ0n) is 16.7. The van der Waals surface area contributed by atoms with Gasteiger partial charge < -0.3 is 15.3 Å². The third-order valence-corrected chi connectivity index (χ3v) is 5.54. The summed E-state index contributed by atoms with van der Waals surface area (Å²) >= 11 is 0. The minimum atomic E-state index is 0.110. The van der Waals surface area contributed by atoms with E-state index in [9.17, 15) is 5.11 Å². The highest BCUT2D eigenvalue weighted by Crippen LogP contribution is 2.35. The van der Waals surface area contributed by atoms with Crippen LogP contribution in [0.15, 0.2) is 54.9 Å². The minimum absolute atomic E-state index is 0.110. The number of aromatic hydroxyl groups is 1. The van der Waals surface area contributed by atoms with E-state index < -0.39 is 0 Å². The molecule has 2 aromatic carbocycles. The maximum atomic E-state index is 10.7. The lowest BCUT2D eigenvalue weighted by Crippen LogP contribution is -2.40. The number of phenols is 1. The molecule has 1 aliphatic rings. The molecule has 2 aromatic heterocycles. The van der Waals surface area contributed by atoms with Gasteiger partial charge in [-0.15, -0.1) is 10.2 Å². The average molecular weight is 401 g/mol. The Bertz CT molecular complexity index is 1180.